The molecule has 0 bridgehead atoms. The van der Waals surface area contributed by atoms with Crippen LogP contribution in [-0.4, -0.2) is 22.6 Å². The van der Waals surface area contributed by atoms with Crippen LogP contribution in [0.2, 0.25) is 0 Å². The fourth-order valence-corrected chi connectivity index (χ4v) is 1.92. The number of carbonyl (C=O) groups is 1. The first-order valence-electron chi connectivity index (χ1n) is 6.54. The summed E-state index contributed by atoms with van der Waals surface area (Å²) >= 11 is 0. The Morgan fingerprint density at radius 1 is 1.30 bits per heavy atom. The van der Waals surface area contributed by atoms with Crippen molar-refractivity contribution >= 4 is 5.91 Å². The summed E-state index contributed by atoms with van der Waals surface area (Å²) in [4.78, 5) is 22.6. The highest BCUT2D eigenvalue weighted by atomic mass is 16.2. The maximum atomic E-state index is 11.7. The first kappa shape index (κ1) is 14.0. The summed E-state index contributed by atoms with van der Waals surface area (Å²) in [6, 6.07) is 11.0. The lowest BCUT2D eigenvalue weighted by atomic mass is 10.1. The molecule has 104 valence electrons. The van der Waals surface area contributed by atoms with Crippen LogP contribution >= 0.6 is 0 Å². The fraction of sp³-hybridized carbons (Fsp3) is 0.267. The van der Waals surface area contributed by atoms with Crippen LogP contribution in [0.4, 0.5) is 0 Å². The second kappa shape index (κ2) is 6.65. The van der Waals surface area contributed by atoms with Gasteiger partial charge in [-0.25, -0.2) is 5.10 Å². The van der Waals surface area contributed by atoms with Crippen molar-refractivity contribution in [1.82, 2.24) is 15.5 Å². The molecule has 1 aromatic heterocycles. The lowest BCUT2D eigenvalue weighted by Gasteiger charge is -2.05. The molecule has 0 aliphatic heterocycles. The van der Waals surface area contributed by atoms with Gasteiger partial charge in [-0.15, -0.1) is 0 Å². The highest BCUT2D eigenvalue weighted by Crippen LogP contribution is 2.06. The first-order valence-corrected chi connectivity index (χ1v) is 6.54. The number of nitrogens with one attached hydrogen (secondary N) is 2. The van der Waals surface area contributed by atoms with E-state index in [1.807, 2.05) is 6.07 Å². The van der Waals surface area contributed by atoms with Crippen molar-refractivity contribution in [2.75, 3.05) is 6.54 Å². The molecule has 2 rings (SSSR count). The number of H-pyrrole nitrogens is 1. The van der Waals surface area contributed by atoms with E-state index in [4.69, 9.17) is 0 Å². The minimum atomic E-state index is -0.319. The number of rotatable bonds is 5. The number of benzene rings is 1. The Bertz CT molecular complexity index is 629. The average Bonchev–Trinajstić information content (AvgIpc) is 2.44. The Kier molecular flexibility index (Phi) is 4.65. The van der Waals surface area contributed by atoms with Gasteiger partial charge >= 0.3 is 0 Å². The molecule has 20 heavy (non-hydrogen) atoms. The number of aromatic nitrogens is 2. The van der Waals surface area contributed by atoms with Crippen LogP contribution in [0.25, 0.3) is 0 Å². The zero-order valence-corrected chi connectivity index (χ0v) is 11.3. The first-order chi connectivity index (χ1) is 9.65. The monoisotopic (exact) mass is 271 g/mol. The largest absolute Gasteiger partial charge is 0.351 e. The van der Waals surface area contributed by atoms with E-state index in [1.165, 1.54) is 23.3 Å². The van der Waals surface area contributed by atoms with Crippen molar-refractivity contribution in [2.45, 2.75) is 19.8 Å². The van der Waals surface area contributed by atoms with Crippen molar-refractivity contribution in [3.63, 3.8) is 0 Å². The molecule has 0 fully saturated rings. The fourth-order valence-electron chi connectivity index (χ4n) is 1.92. The summed E-state index contributed by atoms with van der Waals surface area (Å²) in [7, 11) is 0. The highest BCUT2D eigenvalue weighted by molar-refractivity contribution is 5.91. The van der Waals surface area contributed by atoms with Gasteiger partial charge in [-0.1, -0.05) is 29.8 Å². The quantitative estimate of drug-likeness (QED) is 0.808. The molecule has 1 aromatic carbocycles. The zero-order chi connectivity index (χ0) is 14.4. The lowest BCUT2D eigenvalue weighted by Crippen LogP contribution is -2.26. The number of hydrogen-bond acceptors (Lipinski definition) is 3. The number of hydrogen-bond donors (Lipinski definition) is 2. The lowest BCUT2D eigenvalue weighted by molar-refractivity contribution is 0.0947. The standard InChI is InChI=1S/C15H17N3O2/c1-11-4-2-5-12(10-11)6-3-9-16-15(20)13-7-8-14(19)18-17-13/h2,4-5,7-8,10H,3,6,9H2,1H3,(H,16,20)(H,18,19). The number of amides is 1. The zero-order valence-electron chi connectivity index (χ0n) is 11.3. The third-order valence-electron chi connectivity index (χ3n) is 2.92. The van der Waals surface area contributed by atoms with E-state index in [-0.39, 0.29) is 17.2 Å². The topological polar surface area (TPSA) is 74.8 Å². The van der Waals surface area contributed by atoms with Gasteiger partial charge in [0.2, 0.25) is 0 Å². The summed E-state index contributed by atoms with van der Waals surface area (Å²) in [5, 5.41) is 8.69. The molecular weight excluding hydrogens is 254 g/mol. The molecule has 0 atom stereocenters. The third-order valence-corrected chi connectivity index (χ3v) is 2.92. The van der Waals surface area contributed by atoms with Crippen LogP contribution in [-0.2, 0) is 6.42 Å². The maximum Gasteiger partial charge on any atom is 0.271 e. The molecule has 0 unspecified atom stereocenters. The number of carbonyl (C=O) groups excluding carboxylic acids is 1. The van der Waals surface area contributed by atoms with Crippen molar-refractivity contribution in [3.8, 4) is 0 Å². The summed E-state index contributed by atoms with van der Waals surface area (Å²) in [5.41, 5.74) is 2.41. The molecule has 2 aromatic rings. The normalized spacial score (nSPS) is 10.2. The van der Waals surface area contributed by atoms with Gasteiger partial charge in [0.05, 0.1) is 0 Å². The van der Waals surface area contributed by atoms with Gasteiger partial charge in [0.25, 0.3) is 11.5 Å². The summed E-state index contributed by atoms with van der Waals surface area (Å²) in [6.07, 6.45) is 1.78. The summed E-state index contributed by atoms with van der Waals surface area (Å²) in [6.45, 7) is 2.64. The van der Waals surface area contributed by atoms with Gasteiger partial charge in [-0.3, -0.25) is 9.59 Å². The smallest absolute Gasteiger partial charge is 0.271 e. The van der Waals surface area contributed by atoms with Gasteiger partial charge in [0, 0.05) is 12.6 Å². The Morgan fingerprint density at radius 2 is 2.15 bits per heavy atom. The number of aryl methyl sites for hydroxylation is 2. The molecule has 5 heteroatoms. The van der Waals surface area contributed by atoms with Crippen LogP contribution < -0.4 is 10.9 Å². The second-order valence-electron chi connectivity index (χ2n) is 4.65. The Labute approximate surface area is 117 Å². The second-order valence-corrected chi connectivity index (χ2v) is 4.65. The Balaban J connectivity index is 1.77. The van der Waals surface area contributed by atoms with E-state index in [1.54, 1.807) is 0 Å². The molecular formula is C15H17N3O2. The van der Waals surface area contributed by atoms with Gasteiger partial charge in [0.15, 0.2) is 0 Å². The molecule has 5 nitrogen and oxygen atoms in total. The van der Waals surface area contributed by atoms with Gasteiger partial charge in [0.1, 0.15) is 5.69 Å². The summed E-state index contributed by atoms with van der Waals surface area (Å²) in [5.74, 6) is -0.273. The molecule has 0 saturated carbocycles. The van der Waals surface area contributed by atoms with Crippen LogP contribution in [0.3, 0.4) is 0 Å². The Hall–Kier alpha value is -2.43. The van der Waals surface area contributed by atoms with Crippen LogP contribution in [0, 0.1) is 6.92 Å². The van der Waals surface area contributed by atoms with E-state index in [9.17, 15) is 9.59 Å². The predicted octanol–water partition coefficient (Wildman–Crippen LogP) is 1.44. The van der Waals surface area contributed by atoms with Gasteiger partial charge < -0.3 is 5.32 Å². The van der Waals surface area contributed by atoms with Crippen LogP contribution in [0.5, 0.6) is 0 Å². The minimum absolute atomic E-state index is 0.222. The van der Waals surface area contributed by atoms with E-state index < -0.39 is 0 Å². The number of nitrogens with zero attached hydrogens (tertiary/aromatic N) is 1. The summed E-state index contributed by atoms with van der Waals surface area (Å²) < 4.78 is 0. The van der Waals surface area contributed by atoms with Gasteiger partial charge in [-0.2, -0.15) is 5.10 Å². The van der Waals surface area contributed by atoms with Crippen molar-refractivity contribution in [3.05, 3.63) is 63.6 Å². The van der Waals surface area contributed by atoms with Crippen molar-refractivity contribution in [2.24, 2.45) is 0 Å². The number of aromatic amines is 1. The molecule has 0 radical (unpaired) electrons. The van der Waals surface area contributed by atoms with E-state index in [2.05, 4.69) is 40.6 Å². The van der Waals surface area contributed by atoms with E-state index in [0.717, 1.165) is 12.8 Å². The van der Waals surface area contributed by atoms with Crippen LogP contribution in [0.15, 0.2) is 41.2 Å². The molecule has 2 N–H and O–H groups in total. The molecule has 1 heterocycles. The molecule has 0 aliphatic rings. The predicted molar refractivity (Wildman–Crippen MR) is 76.7 cm³/mol. The van der Waals surface area contributed by atoms with E-state index >= 15 is 0 Å². The van der Waals surface area contributed by atoms with Crippen LogP contribution in [0.1, 0.15) is 28.0 Å². The third kappa shape index (κ3) is 4.05. The molecule has 0 saturated heterocycles. The minimum Gasteiger partial charge on any atom is -0.351 e. The maximum absolute atomic E-state index is 11.7. The van der Waals surface area contributed by atoms with Crippen molar-refractivity contribution < 1.29 is 4.79 Å². The SMILES string of the molecule is Cc1cccc(CCCNC(=O)c2ccc(=O)[nH]n2)c1. The highest BCUT2D eigenvalue weighted by Gasteiger charge is 2.05. The molecule has 1 amide bonds. The van der Waals surface area contributed by atoms with E-state index in [0.29, 0.717) is 6.54 Å². The van der Waals surface area contributed by atoms with Crippen molar-refractivity contribution in [1.29, 1.82) is 0 Å². The molecule has 0 aliphatic carbocycles. The Morgan fingerprint density at radius 3 is 2.85 bits per heavy atom. The molecule has 0 spiro atoms. The average molecular weight is 271 g/mol. The van der Waals surface area contributed by atoms with Gasteiger partial charge in [-0.05, 0) is 31.4 Å².